The zero-order valence-electron chi connectivity index (χ0n) is 13.0. The second kappa shape index (κ2) is 7.81. The number of halogens is 2. The molecule has 1 aromatic carbocycles. The summed E-state index contributed by atoms with van der Waals surface area (Å²) >= 11 is 12.3. The van der Waals surface area contributed by atoms with E-state index < -0.39 is 0 Å². The summed E-state index contributed by atoms with van der Waals surface area (Å²) < 4.78 is 5.25. The van der Waals surface area contributed by atoms with Crippen molar-refractivity contribution in [3.8, 4) is 5.75 Å². The van der Waals surface area contributed by atoms with Crippen molar-refractivity contribution in [2.24, 2.45) is 11.3 Å². The Kier molecular flexibility index (Phi) is 6.97. The van der Waals surface area contributed by atoms with Gasteiger partial charge in [-0.25, -0.2) is 0 Å². The highest BCUT2D eigenvalue weighted by Gasteiger charge is 2.28. The molecule has 1 aromatic rings. The Labute approximate surface area is 139 Å². The van der Waals surface area contributed by atoms with Crippen LogP contribution in [0.5, 0.6) is 5.75 Å². The number of carbonyl (C=O) groups is 1. The van der Waals surface area contributed by atoms with Crippen LogP contribution in [0.2, 0.25) is 10.0 Å². The molecule has 0 aliphatic rings. The number of hydrogen-bond donors (Lipinski definition) is 0. The van der Waals surface area contributed by atoms with E-state index in [1.807, 2.05) is 0 Å². The molecule has 0 saturated carbocycles. The van der Waals surface area contributed by atoms with Crippen LogP contribution in [0.25, 0.3) is 0 Å². The molecule has 0 radical (unpaired) electrons. The van der Waals surface area contributed by atoms with Gasteiger partial charge >= 0.3 is 0 Å². The number of carbonyl (C=O) groups excluding carboxylic acids is 1. The zero-order chi connectivity index (χ0) is 16.2. The minimum absolute atomic E-state index is 0.0275. The van der Waals surface area contributed by atoms with Crippen molar-refractivity contribution in [1.29, 1.82) is 0 Å². The smallest absolute Gasteiger partial charge is 0.168 e. The van der Waals surface area contributed by atoms with Crippen molar-refractivity contribution in [2.75, 3.05) is 13.3 Å². The fourth-order valence-electron chi connectivity index (χ4n) is 2.61. The van der Waals surface area contributed by atoms with E-state index in [1.165, 1.54) is 7.11 Å². The molecule has 0 spiro atoms. The molecular formula is C16H23Cl2O2P. The van der Waals surface area contributed by atoms with Gasteiger partial charge in [-0.05, 0) is 36.0 Å². The van der Waals surface area contributed by atoms with Gasteiger partial charge in [0.25, 0.3) is 0 Å². The summed E-state index contributed by atoms with van der Waals surface area (Å²) in [4.78, 5) is 12.7. The van der Waals surface area contributed by atoms with Crippen LogP contribution in [0.15, 0.2) is 12.1 Å². The van der Waals surface area contributed by atoms with Gasteiger partial charge in [0, 0.05) is 6.42 Å². The molecule has 21 heavy (non-hydrogen) atoms. The molecule has 0 N–H and O–H groups in total. The van der Waals surface area contributed by atoms with Gasteiger partial charge < -0.3 is 4.74 Å². The SMILES string of the molecule is COc1c(Cl)ccc(Cl)c1C(=O)CC(C)(C)CC(C)CP. The number of ether oxygens (including phenoxy) is 1. The molecule has 0 aliphatic heterocycles. The molecule has 2 nitrogen and oxygen atoms in total. The lowest BCUT2D eigenvalue weighted by Crippen LogP contribution is -2.21. The molecule has 5 heteroatoms. The van der Waals surface area contributed by atoms with Crippen LogP contribution >= 0.6 is 32.4 Å². The first-order valence-electron chi connectivity index (χ1n) is 6.97. The van der Waals surface area contributed by atoms with Gasteiger partial charge in [-0.2, -0.15) is 0 Å². The molecule has 0 fully saturated rings. The molecule has 0 bridgehead atoms. The topological polar surface area (TPSA) is 26.3 Å². The maximum atomic E-state index is 12.7. The Morgan fingerprint density at radius 2 is 1.90 bits per heavy atom. The molecule has 0 aromatic heterocycles. The van der Waals surface area contributed by atoms with Crippen LogP contribution in [0, 0.1) is 11.3 Å². The number of benzene rings is 1. The monoisotopic (exact) mass is 348 g/mol. The molecule has 0 heterocycles. The van der Waals surface area contributed by atoms with Crippen LogP contribution in [0.3, 0.4) is 0 Å². The summed E-state index contributed by atoms with van der Waals surface area (Å²) in [5.41, 5.74) is 0.294. The van der Waals surface area contributed by atoms with Gasteiger partial charge in [-0.15, -0.1) is 9.24 Å². The van der Waals surface area contributed by atoms with E-state index in [-0.39, 0.29) is 11.2 Å². The Hall–Kier alpha value is -0.300. The highest BCUT2D eigenvalue weighted by atomic mass is 35.5. The molecule has 2 atom stereocenters. The Morgan fingerprint density at radius 1 is 1.33 bits per heavy atom. The average molecular weight is 349 g/mol. The number of rotatable bonds is 7. The standard InChI is InChI=1S/C16H23Cl2O2P/c1-10(9-21)7-16(2,3)8-13(19)14-11(17)5-6-12(18)15(14)20-4/h5-6,10H,7-9,21H2,1-4H3. The zero-order valence-corrected chi connectivity index (χ0v) is 15.7. The second-order valence-electron chi connectivity index (χ2n) is 6.25. The molecule has 0 amide bonds. The molecular weight excluding hydrogens is 326 g/mol. The van der Waals surface area contributed by atoms with E-state index in [1.54, 1.807) is 12.1 Å². The normalized spacial score (nSPS) is 13.1. The van der Waals surface area contributed by atoms with Crippen LogP contribution in [-0.4, -0.2) is 19.1 Å². The van der Waals surface area contributed by atoms with Gasteiger partial charge in [0.15, 0.2) is 5.78 Å². The van der Waals surface area contributed by atoms with Gasteiger partial charge in [0.1, 0.15) is 5.75 Å². The summed E-state index contributed by atoms with van der Waals surface area (Å²) in [6, 6.07) is 3.28. The summed E-state index contributed by atoms with van der Waals surface area (Å²) in [6.07, 6.45) is 2.42. The summed E-state index contributed by atoms with van der Waals surface area (Å²) in [6.45, 7) is 6.39. The first-order valence-corrected chi connectivity index (χ1v) is 8.54. The quantitative estimate of drug-likeness (QED) is 0.480. The first-order chi connectivity index (χ1) is 9.71. The Morgan fingerprint density at radius 3 is 2.43 bits per heavy atom. The lowest BCUT2D eigenvalue weighted by atomic mass is 9.79. The number of hydrogen-bond acceptors (Lipinski definition) is 2. The van der Waals surface area contributed by atoms with Crippen molar-refractivity contribution in [2.45, 2.75) is 33.6 Å². The molecule has 118 valence electrons. The third-order valence-corrected chi connectivity index (χ3v) is 4.90. The summed E-state index contributed by atoms with van der Waals surface area (Å²) in [7, 11) is 4.25. The summed E-state index contributed by atoms with van der Waals surface area (Å²) in [5, 5.41) is 0.789. The third-order valence-electron chi connectivity index (χ3n) is 3.48. The minimum atomic E-state index is -0.0935. The van der Waals surface area contributed by atoms with Crippen molar-refractivity contribution >= 4 is 38.2 Å². The average Bonchev–Trinajstić information content (AvgIpc) is 2.39. The van der Waals surface area contributed by atoms with Crippen LogP contribution in [0.4, 0.5) is 0 Å². The molecule has 0 aliphatic carbocycles. The third kappa shape index (κ3) is 5.13. The van der Waals surface area contributed by atoms with Crippen LogP contribution in [0.1, 0.15) is 44.0 Å². The van der Waals surface area contributed by atoms with Gasteiger partial charge in [0.05, 0.1) is 22.7 Å². The maximum absolute atomic E-state index is 12.7. The van der Waals surface area contributed by atoms with Crippen molar-refractivity contribution in [3.05, 3.63) is 27.7 Å². The Balaban J connectivity index is 3.02. The largest absolute Gasteiger partial charge is 0.494 e. The molecule has 1 rings (SSSR count). The summed E-state index contributed by atoms with van der Waals surface area (Å²) in [5.74, 6) is 0.888. The fourth-order valence-corrected chi connectivity index (χ4v) is 3.27. The van der Waals surface area contributed by atoms with E-state index >= 15 is 0 Å². The minimum Gasteiger partial charge on any atom is -0.494 e. The molecule has 2 unspecified atom stereocenters. The predicted octanol–water partition coefficient (Wildman–Crippen LogP) is 5.50. The number of Topliss-reactive ketones (excluding diaryl/α,β-unsaturated/α-hetero) is 1. The van der Waals surface area contributed by atoms with Crippen LogP contribution in [-0.2, 0) is 0 Å². The fraction of sp³-hybridized carbons (Fsp3) is 0.562. The number of ketones is 1. The molecule has 0 saturated heterocycles. The van der Waals surface area contributed by atoms with E-state index in [4.69, 9.17) is 27.9 Å². The van der Waals surface area contributed by atoms with E-state index in [0.29, 0.717) is 33.7 Å². The number of methoxy groups -OCH3 is 1. The van der Waals surface area contributed by atoms with E-state index in [0.717, 1.165) is 12.6 Å². The Bertz CT molecular complexity index is 515. The van der Waals surface area contributed by atoms with Crippen molar-refractivity contribution < 1.29 is 9.53 Å². The van der Waals surface area contributed by atoms with Crippen LogP contribution < -0.4 is 4.74 Å². The second-order valence-corrected chi connectivity index (χ2v) is 7.53. The highest BCUT2D eigenvalue weighted by molar-refractivity contribution is 7.16. The van der Waals surface area contributed by atoms with Crippen molar-refractivity contribution in [3.63, 3.8) is 0 Å². The maximum Gasteiger partial charge on any atom is 0.168 e. The highest BCUT2D eigenvalue weighted by Crippen LogP contribution is 2.38. The lowest BCUT2D eigenvalue weighted by molar-refractivity contribution is 0.0915. The lowest BCUT2D eigenvalue weighted by Gasteiger charge is -2.27. The van der Waals surface area contributed by atoms with Gasteiger partial charge in [-0.3, -0.25) is 4.79 Å². The van der Waals surface area contributed by atoms with Gasteiger partial charge in [0.2, 0.25) is 0 Å². The van der Waals surface area contributed by atoms with Gasteiger partial charge in [-0.1, -0.05) is 44.0 Å². The first kappa shape index (κ1) is 18.7. The van der Waals surface area contributed by atoms with E-state index in [2.05, 4.69) is 30.0 Å². The van der Waals surface area contributed by atoms with Crippen molar-refractivity contribution in [1.82, 2.24) is 0 Å². The predicted molar refractivity (Wildman–Crippen MR) is 94.1 cm³/mol. The van der Waals surface area contributed by atoms with E-state index in [9.17, 15) is 4.79 Å².